The van der Waals surface area contributed by atoms with Crippen molar-refractivity contribution in [3.05, 3.63) is 35.6 Å². The molecule has 0 aliphatic rings. The molecule has 0 heterocycles. The third kappa shape index (κ3) is 3.15. The van der Waals surface area contributed by atoms with Crippen molar-refractivity contribution in [2.24, 2.45) is 0 Å². The van der Waals surface area contributed by atoms with Crippen LogP contribution in [0.25, 0.3) is 0 Å². The van der Waals surface area contributed by atoms with Crippen molar-refractivity contribution in [2.75, 3.05) is 7.05 Å². The average Bonchev–Trinajstić information content (AvgIpc) is 2.17. The van der Waals surface area contributed by atoms with Gasteiger partial charge >= 0.3 is 0 Å². The van der Waals surface area contributed by atoms with E-state index in [1.54, 1.807) is 0 Å². The Balaban J connectivity index is 2.58. The Bertz CT molecular complexity index is 239. The second kappa shape index (κ2) is 4.97. The summed E-state index contributed by atoms with van der Waals surface area (Å²) in [4.78, 5) is 0. The maximum absolute atomic E-state index is 12.6. The Morgan fingerprint density at radius 1 is 1.31 bits per heavy atom. The molecule has 0 saturated heterocycles. The maximum atomic E-state index is 12.6. The fourth-order valence-electron chi connectivity index (χ4n) is 1.36. The molecule has 0 saturated carbocycles. The second-order valence-corrected chi connectivity index (χ2v) is 3.22. The van der Waals surface area contributed by atoms with Crippen molar-refractivity contribution < 1.29 is 4.39 Å². The van der Waals surface area contributed by atoms with Crippen LogP contribution in [-0.2, 0) is 6.42 Å². The number of nitrogens with one attached hydrogen (secondary N) is 1. The zero-order valence-corrected chi connectivity index (χ0v) is 8.18. The molecule has 2 heteroatoms. The van der Waals surface area contributed by atoms with E-state index in [9.17, 15) is 4.39 Å². The smallest absolute Gasteiger partial charge is 0.123 e. The monoisotopic (exact) mass is 181 g/mol. The number of hydrogen-bond donors (Lipinski definition) is 1. The lowest BCUT2D eigenvalue weighted by atomic mass is 10.0. The molecule has 0 bridgehead atoms. The van der Waals surface area contributed by atoms with Gasteiger partial charge in [0.15, 0.2) is 0 Å². The Labute approximate surface area is 79.0 Å². The van der Waals surface area contributed by atoms with Crippen molar-refractivity contribution in [1.82, 2.24) is 5.32 Å². The molecule has 0 fully saturated rings. The van der Waals surface area contributed by atoms with E-state index in [4.69, 9.17) is 0 Å². The normalized spacial score (nSPS) is 12.8. The first-order valence-corrected chi connectivity index (χ1v) is 4.68. The van der Waals surface area contributed by atoms with E-state index in [-0.39, 0.29) is 5.82 Å². The lowest BCUT2D eigenvalue weighted by Crippen LogP contribution is -2.26. The van der Waals surface area contributed by atoms with Gasteiger partial charge in [-0.1, -0.05) is 19.1 Å². The lowest BCUT2D eigenvalue weighted by molar-refractivity contribution is 0.542. The molecule has 0 aliphatic heterocycles. The van der Waals surface area contributed by atoms with Crippen LogP contribution in [0, 0.1) is 5.82 Å². The Morgan fingerprint density at radius 3 is 2.38 bits per heavy atom. The number of halogens is 1. The molecule has 1 atom stereocenters. The number of benzene rings is 1. The molecule has 1 aromatic rings. The van der Waals surface area contributed by atoms with Crippen LogP contribution in [0.15, 0.2) is 24.3 Å². The van der Waals surface area contributed by atoms with E-state index < -0.39 is 0 Å². The summed E-state index contributed by atoms with van der Waals surface area (Å²) in [6, 6.07) is 7.20. The van der Waals surface area contributed by atoms with Gasteiger partial charge in [-0.05, 0) is 37.6 Å². The zero-order valence-electron chi connectivity index (χ0n) is 8.18. The van der Waals surface area contributed by atoms with Gasteiger partial charge in [0.2, 0.25) is 0 Å². The minimum atomic E-state index is -0.166. The molecule has 72 valence electrons. The summed E-state index contributed by atoms with van der Waals surface area (Å²) in [6.45, 7) is 2.14. The topological polar surface area (TPSA) is 12.0 Å². The highest BCUT2D eigenvalue weighted by atomic mass is 19.1. The summed E-state index contributed by atoms with van der Waals surface area (Å²) in [5.74, 6) is -0.166. The molecule has 0 aliphatic carbocycles. The van der Waals surface area contributed by atoms with Crippen molar-refractivity contribution in [2.45, 2.75) is 25.8 Å². The highest BCUT2D eigenvalue weighted by Gasteiger charge is 2.03. The minimum absolute atomic E-state index is 0.166. The molecule has 1 rings (SSSR count). The lowest BCUT2D eigenvalue weighted by Gasteiger charge is -2.13. The molecule has 0 amide bonds. The minimum Gasteiger partial charge on any atom is -0.317 e. The predicted octanol–water partition coefficient (Wildman–Crippen LogP) is 2.37. The molecule has 1 nitrogen and oxygen atoms in total. The van der Waals surface area contributed by atoms with E-state index in [1.165, 1.54) is 17.7 Å². The molecule has 1 aromatic carbocycles. The summed E-state index contributed by atoms with van der Waals surface area (Å²) in [7, 11) is 1.96. The van der Waals surface area contributed by atoms with E-state index in [0.29, 0.717) is 6.04 Å². The zero-order chi connectivity index (χ0) is 9.68. The van der Waals surface area contributed by atoms with Crippen LogP contribution in [0.4, 0.5) is 4.39 Å². The molecule has 1 unspecified atom stereocenters. The van der Waals surface area contributed by atoms with E-state index in [2.05, 4.69) is 12.2 Å². The predicted molar refractivity (Wildman–Crippen MR) is 53.2 cm³/mol. The molecule has 0 spiro atoms. The quantitative estimate of drug-likeness (QED) is 0.752. The average molecular weight is 181 g/mol. The van der Waals surface area contributed by atoms with Gasteiger partial charge in [0.25, 0.3) is 0 Å². The summed E-state index contributed by atoms with van der Waals surface area (Å²) in [5, 5.41) is 3.22. The van der Waals surface area contributed by atoms with Crippen LogP contribution in [0.3, 0.4) is 0 Å². The van der Waals surface area contributed by atoms with E-state index >= 15 is 0 Å². The molecular weight excluding hydrogens is 165 g/mol. The van der Waals surface area contributed by atoms with Crippen molar-refractivity contribution >= 4 is 0 Å². The van der Waals surface area contributed by atoms with E-state index in [0.717, 1.165) is 12.8 Å². The van der Waals surface area contributed by atoms with Crippen LogP contribution in [0.1, 0.15) is 18.9 Å². The van der Waals surface area contributed by atoms with Crippen molar-refractivity contribution in [1.29, 1.82) is 0 Å². The first-order valence-electron chi connectivity index (χ1n) is 4.68. The summed E-state index contributed by atoms with van der Waals surface area (Å²) >= 11 is 0. The summed E-state index contributed by atoms with van der Waals surface area (Å²) in [5.41, 5.74) is 1.18. The van der Waals surface area contributed by atoms with Crippen LogP contribution in [0.2, 0.25) is 0 Å². The molecule has 13 heavy (non-hydrogen) atoms. The summed E-state index contributed by atoms with van der Waals surface area (Å²) < 4.78 is 12.6. The van der Waals surface area contributed by atoms with Gasteiger partial charge in [0.05, 0.1) is 0 Å². The van der Waals surface area contributed by atoms with Crippen LogP contribution < -0.4 is 5.32 Å². The second-order valence-electron chi connectivity index (χ2n) is 3.22. The number of rotatable bonds is 4. The number of likely N-dealkylation sites (N-methyl/N-ethyl adjacent to an activating group) is 1. The highest BCUT2D eigenvalue weighted by molar-refractivity contribution is 5.17. The first-order chi connectivity index (χ1) is 6.26. The van der Waals surface area contributed by atoms with Gasteiger partial charge in [-0.2, -0.15) is 0 Å². The highest BCUT2D eigenvalue weighted by Crippen LogP contribution is 2.07. The van der Waals surface area contributed by atoms with Gasteiger partial charge in [-0.25, -0.2) is 4.39 Å². The largest absolute Gasteiger partial charge is 0.317 e. The Kier molecular flexibility index (Phi) is 3.90. The van der Waals surface area contributed by atoms with Gasteiger partial charge < -0.3 is 5.32 Å². The standard InChI is InChI=1S/C11H16FN/c1-3-11(13-2)8-9-4-6-10(12)7-5-9/h4-7,11,13H,3,8H2,1-2H3. The molecule has 0 radical (unpaired) electrons. The molecular formula is C11H16FN. The third-order valence-corrected chi connectivity index (χ3v) is 2.30. The van der Waals surface area contributed by atoms with Crippen LogP contribution >= 0.6 is 0 Å². The van der Waals surface area contributed by atoms with Crippen molar-refractivity contribution in [3.63, 3.8) is 0 Å². The van der Waals surface area contributed by atoms with Gasteiger partial charge in [-0.15, -0.1) is 0 Å². The van der Waals surface area contributed by atoms with Crippen LogP contribution in [-0.4, -0.2) is 13.1 Å². The molecule has 1 N–H and O–H groups in total. The van der Waals surface area contributed by atoms with Gasteiger partial charge in [0.1, 0.15) is 5.82 Å². The SMILES string of the molecule is CCC(Cc1ccc(F)cc1)NC. The number of hydrogen-bond acceptors (Lipinski definition) is 1. The molecule has 0 aromatic heterocycles. The fraction of sp³-hybridized carbons (Fsp3) is 0.455. The first kappa shape index (κ1) is 10.2. The Hall–Kier alpha value is -0.890. The van der Waals surface area contributed by atoms with Crippen molar-refractivity contribution in [3.8, 4) is 0 Å². The van der Waals surface area contributed by atoms with Crippen LogP contribution in [0.5, 0.6) is 0 Å². The third-order valence-electron chi connectivity index (χ3n) is 2.30. The van der Waals surface area contributed by atoms with E-state index in [1.807, 2.05) is 19.2 Å². The fourth-order valence-corrected chi connectivity index (χ4v) is 1.36. The Morgan fingerprint density at radius 2 is 1.92 bits per heavy atom. The summed E-state index contributed by atoms with van der Waals surface area (Å²) in [6.07, 6.45) is 2.06. The van der Waals surface area contributed by atoms with Gasteiger partial charge in [-0.3, -0.25) is 0 Å². The van der Waals surface area contributed by atoms with Gasteiger partial charge in [0, 0.05) is 6.04 Å². The maximum Gasteiger partial charge on any atom is 0.123 e.